The fraction of sp³-hybridized carbons (Fsp3) is 0.379. The highest BCUT2D eigenvalue weighted by molar-refractivity contribution is 5.93. The summed E-state index contributed by atoms with van der Waals surface area (Å²) in [5, 5.41) is 3.51. The molecule has 190 valence electrons. The van der Waals surface area contributed by atoms with Gasteiger partial charge in [-0.3, -0.25) is 4.90 Å². The summed E-state index contributed by atoms with van der Waals surface area (Å²) in [6, 6.07) is 16.2. The summed E-state index contributed by atoms with van der Waals surface area (Å²) in [6.07, 6.45) is 0.127. The topological polar surface area (TPSA) is 63.7 Å². The zero-order chi connectivity index (χ0) is 26.1. The third kappa shape index (κ3) is 5.78. The smallest absolute Gasteiger partial charge is 0.414 e. The standard InChI is InChI=1S/C29H34FN3O3/c1-28(2,3)36-27(34)33-18-29(4,5)25-24(33)16-22(15-19-7-11-21(30)12-8-19)32-26(25)31-17-20-9-13-23(35-6)14-10-20/h7-14,16H,15,17-18H2,1-6H3,(H,31,32). The molecule has 4 rings (SSSR count). The Labute approximate surface area is 212 Å². The van der Waals surface area contributed by atoms with Crippen LogP contribution in [-0.4, -0.2) is 30.3 Å². The van der Waals surface area contributed by atoms with Crippen molar-refractivity contribution in [2.75, 3.05) is 23.9 Å². The van der Waals surface area contributed by atoms with Gasteiger partial charge in [0.05, 0.1) is 12.8 Å². The van der Waals surface area contributed by atoms with Gasteiger partial charge in [0.25, 0.3) is 0 Å². The van der Waals surface area contributed by atoms with Gasteiger partial charge in [0, 0.05) is 36.2 Å². The van der Waals surface area contributed by atoms with Crippen molar-refractivity contribution in [2.24, 2.45) is 0 Å². The predicted molar refractivity (Wildman–Crippen MR) is 140 cm³/mol. The summed E-state index contributed by atoms with van der Waals surface area (Å²) >= 11 is 0. The zero-order valence-electron chi connectivity index (χ0n) is 21.8. The summed E-state index contributed by atoms with van der Waals surface area (Å²) in [6.45, 7) is 10.8. The Morgan fingerprint density at radius 2 is 1.72 bits per heavy atom. The first kappa shape index (κ1) is 25.5. The highest BCUT2D eigenvalue weighted by atomic mass is 19.1. The predicted octanol–water partition coefficient (Wildman–Crippen LogP) is 6.46. The molecule has 7 heteroatoms. The second-order valence-electron chi connectivity index (χ2n) is 10.8. The number of benzene rings is 2. The summed E-state index contributed by atoms with van der Waals surface area (Å²) in [4.78, 5) is 19.8. The maximum absolute atomic E-state index is 13.4. The van der Waals surface area contributed by atoms with Crippen LogP contribution in [0.5, 0.6) is 5.75 Å². The van der Waals surface area contributed by atoms with E-state index in [1.165, 1.54) is 12.1 Å². The molecular weight excluding hydrogens is 457 g/mol. The maximum Gasteiger partial charge on any atom is 0.414 e. The van der Waals surface area contributed by atoms with Gasteiger partial charge in [-0.2, -0.15) is 0 Å². The molecule has 0 radical (unpaired) electrons. The summed E-state index contributed by atoms with van der Waals surface area (Å²) in [7, 11) is 1.64. The number of ether oxygens (including phenoxy) is 2. The first-order valence-electron chi connectivity index (χ1n) is 12.1. The van der Waals surface area contributed by atoms with E-state index in [0.29, 0.717) is 19.5 Å². The first-order valence-corrected chi connectivity index (χ1v) is 12.1. The number of hydrogen-bond acceptors (Lipinski definition) is 5. The van der Waals surface area contributed by atoms with Crippen LogP contribution in [0, 0.1) is 5.82 Å². The Morgan fingerprint density at radius 1 is 1.08 bits per heavy atom. The molecule has 1 N–H and O–H groups in total. The molecule has 1 aliphatic rings. The van der Waals surface area contributed by atoms with Gasteiger partial charge in [0.2, 0.25) is 0 Å². The van der Waals surface area contributed by atoms with Crippen molar-refractivity contribution in [3.05, 3.63) is 82.8 Å². The van der Waals surface area contributed by atoms with Crippen LogP contribution in [0.2, 0.25) is 0 Å². The van der Waals surface area contributed by atoms with Crippen LogP contribution in [0.1, 0.15) is 57.0 Å². The number of nitrogens with one attached hydrogen (secondary N) is 1. The van der Waals surface area contributed by atoms with Crippen LogP contribution in [-0.2, 0) is 23.1 Å². The minimum atomic E-state index is -0.608. The fourth-order valence-electron chi connectivity index (χ4n) is 4.46. The molecule has 0 bridgehead atoms. The molecule has 0 saturated carbocycles. The van der Waals surface area contributed by atoms with Gasteiger partial charge in [-0.25, -0.2) is 14.2 Å². The highest BCUT2D eigenvalue weighted by Crippen LogP contribution is 2.45. The second kappa shape index (κ2) is 9.80. The Hall–Kier alpha value is -3.61. The summed E-state index contributed by atoms with van der Waals surface area (Å²) < 4.78 is 24.4. The van der Waals surface area contributed by atoms with Crippen LogP contribution in [0.15, 0.2) is 54.6 Å². The Morgan fingerprint density at radius 3 is 2.33 bits per heavy atom. The van der Waals surface area contributed by atoms with Gasteiger partial charge in [0.15, 0.2) is 0 Å². The van der Waals surface area contributed by atoms with Gasteiger partial charge >= 0.3 is 6.09 Å². The van der Waals surface area contributed by atoms with Gasteiger partial charge in [-0.15, -0.1) is 0 Å². The molecule has 1 aromatic heterocycles. The van der Waals surface area contributed by atoms with E-state index < -0.39 is 5.60 Å². The van der Waals surface area contributed by atoms with E-state index in [2.05, 4.69) is 19.2 Å². The molecule has 0 spiro atoms. The van der Waals surface area contributed by atoms with E-state index in [1.54, 1.807) is 24.1 Å². The molecule has 3 aromatic rings. The Bertz CT molecular complexity index is 1230. The van der Waals surface area contributed by atoms with Gasteiger partial charge in [-0.05, 0) is 62.2 Å². The van der Waals surface area contributed by atoms with E-state index in [0.717, 1.165) is 39.6 Å². The number of aromatic nitrogens is 1. The van der Waals surface area contributed by atoms with Crippen LogP contribution in [0.3, 0.4) is 0 Å². The molecule has 36 heavy (non-hydrogen) atoms. The van der Waals surface area contributed by atoms with Crippen molar-refractivity contribution in [3.8, 4) is 5.75 Å². The minimum absolute atomic E-state index is 0.277. The number of rotatable bonds is 6. The van der Waals surface area contributed by atoms with Crippen molar-refractivity contribution in [2.45, 2.75) is 58.6 Å². The van der Waals surface area contributed by atoms with Crippen LogP contribution in [0.4, 0.5) is 20.7 Å². The lowest BCUT2D eigenvalue weighted by Gasteiger charge is -2.26. The number of fused-ring (bicyclic) bond motifs is 1. The molecule has 0 atom stereocenters. The van der Waals surface area contributed by atoms with Crippen molar-refractivity contribution in [1.29, 1.82) is 0 Å². The van der Waals surface area contributed by atoms with Gasteiger partial charge in [-0.1, -0.05) is 38.1 Å². The van der Waals surface area contributed by atoms with Crippen molar-refractivity contribution in [1.82, 2.24) is 4.98 Å². The van der Waals surface area contributed by atoms with Crippen LogP contribution in [0.25, 0.3) is 0 Å². The number of carbonyl (C=O) groups excluding carboxylic acids is 1. The number of halogens is 1. The van der Waals surface area contributed by atoms with E-state index in [9.17, 15) is 9.18 Å². The fourth-order valence-corrected chi connectivity index (χ4v) is 4.46. The molecule has 0 saturated heterocycles. The number of nitrogens with zero attached hydrogens (tertiary/aromatic N) is 2. The number of pyridine rings is 1. The second-order valence-corrected chi connectivity index (χ2v) is 10.8. The number of carbonyl (C=O) groups is 1. The lowest BCUT2D eigenvalue weighted by molar-refractivity contribution is 0.0579. The molecule has 0 aliphatic carbocycles. The van der Waals surface area contributed by atoms with Crippen LogP contribution >= 0.6 is 0 Å². The lowest BCUT2D eigenvalue weighted by atomic mass is 9.86. The Kier molecular flexibility index (Phi) is 6.94. The van der Waals surface area contributed by atoms with Crippen molar-refractivity contribution >= 4 is 17.6 Å². The van der Waals surface area contributed by atoms with Gasteiger partial charge < -0.3 is 14.8 Å². The third-order valence-corrected chi connectivity index (χ3v) is 6.10. The van der Waals surface area contributed by atoms with Crippen molar-refractivity contribution in [3.63, 3.8) is 0 Å². The molecular formula is C29H34FN3O3. The molecule has 0 unspecified atom stereocenters. The molecule has 1 aliphatic heterocycles. The molecule has 2 heterocycles. The minimum Gasteiger partial charge on any atom is -0.497 e. The quantitative estimate of drug-likeness (QED) is 0.428. The van der Waals surface area contributed by atoms with Crippen LogP contribution < -0.4 is 15.0 Å². The Balaban J connectivity index is 1.72. The van der Waals surface area contributed by atoms with E-state index in [-0.39, 0.29) is 17.3 Å². The number of amides is 1. The number of anilines is 2. The zero-order valence-corrected chi connectivity index (χ0v) is 21.8. The number of methoxy groups -OCH3 is 1. The average molecular weight is 492 g/mol. The average Bonchev–Trinajstić information content (AvgIpc) is 3.09. The van der Waals surface area contributed by atoms with Crippen molar-refractivity contribution < 1.29 is 18.7 Å². The third-order valence-electron chi connectivity index (χ3n) is 6.10. The SMILES string of the molecule is COc1ccc(CNc2nc(Cc3ccc(F)cc3)cc3c2C(C)(C)CN3C(=O)OC(C)(C)C)cc1. The van der Waals surface area contributed by atoms with E-state index >= 15 is 0 Å². The monoisotopic (exact) mass is 491 g/mol. The molecule has 1 amide bonds. The molecule has 6 nitrogen and oxygen atoms in total. The molecule has 0 fully saturated rings. The molecule has 2 aromatic carbocycles. The van der Waals surface area contributed by atoms with Gasteiger partial charge in [0.1, 0.15) is 23.0 Å². The number of hydrogen-bond donors (Lipinski definition) is 1. The summed E-state index contributed by atoms with van der Waals surface area (Å²) in [5.41, 5.74) is 3.62. The normalized spacial score (nSPS) is 14.4. The van der Waals surface area contributed by atoms with E-state index in [1.807, 2.05) is 51.1 Å². The summed E-state index contributed by atoms with van der Waals surface area (Å²) in [5.74, 6) is 1.25. The lowest BCUT2D eigenvalue weighted by Crippen LogP contribution is -2.38. The highest BCUT2D eigenvalue weighted by Gasteiger charge is 2.42. The van der Waals surface area contributed by atoms with E-state index in [4.69, 9.17) is 14.5 Å². The first-order chi connectivity index (χ1) is 16.9. The largest absolute Gasteiger partial charge is 0.497 e. The maximum atomic E-state index is 13.4.